The summed E-state index contributed by atoms with van der Waals surface area (Å²) in [5.41, 5.74) is 1.68. The first kappa shape index (κ1) is 24.1. The van der Waals surface area contributed by atoms with Gasteiger partial charge in [0.1, 0.15) is 11.5 Å². The van der Waals surface area contributed by atoms with Crippen molar-refractivity contribution in [2.75, 3.05) is 32.6 Å². The van der Waals surface area contributed by atoms with Gasteiger partial charge in [-0.25, -0.2) is 0 Å². The van der Waals surface area contributed by atoms with Gasteiger partial charge in [0.2, 0.25) is 5.91 Å². The van der Waals surface area contributed by atoms with Crippen molar-refractivity contribution >= 4 is 23.4 Å². The summed E-state index contributed by atoms with van der Waals surface area (Å²) in [5.74, 6) is 0.594. The summed E-state index contributed by atoms with van der Waals surface area (Å²) in [6.45, 7) is 4.79. The second-order valence-corrected chi connectivity index (χ2v) is 8.36. The molecule has 0 spiro atoms. The van der Waals surface area contributed by atoms with E-state index in [2.05, 4.69) is 10.6 Å². The van der Waals surface area contributed by atoms with Crippen LogP contribution in [0.3, 0.4) is 0 Å². The number of methoxy groups -OCH3 is 2. The Balaban J connectivity index is 1.55. The molecule has 8 heteroatoms. The SMILES string of the molecule is COc1cc(OC)cc(C(=O)N2CCC(C(=O)Nc3ccc(C(=O)NC(C)C)cc3)CC2)c1. The number of nitrogens with zero attached hydrogens (tertiary/aromatic N) is 1. The van der Waals surface area contributed by atoms with E-state index in [0.29, 0.717) is 54.2 Å². The van der Waals surface area contributed by atoms with Crippen LogP contribution in [0, 0.1) is 5.92 Å². The van der Waals surface area contributed by atoms with Gasteiger partial charge in [-0.05, 0) is 63.1 Å². The molecular weight excluding hydrogens is 422 g/mol. The molecule has 0 bridgehead atoms. The number of amides is 3. The zero-order valence-corrected chi connectivity index (χ0v) is 19.5. The maximum Gasteiger partial charge on any atom is 0.254 e. The van der Waals surface area contributed by atoms with E-state index >= 15 is 0 Å². The molecule has 176 valence electrons. The molecule has 33 heavy (non-hydrogen) atoms. The number of rotatable bonds is 7. The number of ether oxygens (including phenoxy) is 2. The monoisotopic (exact) mass is 453 g/mol. The van der Waals surface area contributed by atoms with Crippen molar-refractivity contribution in [1.29, 1.82) is 0 Å². The quantitative estimate of drug-likeness (QED) is 0.670. The minimum absolute atomic E-state index is 0.0561. The van der Waals surface area contributed by atoms with Gasteiger partial charge in [0.15, 0.2) is 0 Å². The molecule has 1 heterocycles. The van der Waals surface area contributed by atoms with Gasteiger partial charge < -0.3 is 25.0 Å². The first-order valence-electron chi connectivity index (χ1n) is 11.0. The lowest BCUT2D eigenvalue weighted by Gasteiger charge is -2.31. The summed E-state index contributed by atoms with van der Waals surface area (Å²) < 4.78 is 10.5. The van der Waals surface area contributed by atoms with Gasteiger partial charge >= 0.3 is 0 Å². The summed E-state index contributed by atoms with van der Waals surface area (Å²) >= 11 is 0. The second-order valence-electron chi connectivity index (χ2n) is 8.36. The van der Waals surface area contributed by atoms with E-state index in [1.54, 1.807) is 61.6 Å². The lowest BCUT2D eigenvalue weighted by Crippen LogP contribution is -2.41. The summed E-state index contributed by atoms with van der Waals surface area (Å²) in [6, 6.07) is 12.0. The standard InChI is InChI=1S/C25H31N3O5/c1-16(2)26-23(29)17-5-7-20(8-6-17)27-24(30)18-9-11-28(12-10-18)25(31)19-13-21(32-3)15-22(14-19)33-4/h5-8,13-16,18H,9-12H2,1-4H3,(H,26,29)(H,27,30). The first-order valence-corrected chi connectivity index (χ1v) is 11.0. The number of hydrogen-bond acceptors (Lipinski definition) is 5. The van der Waals surface area contributed by atoms with Crippen LogP contribution in [0.25, 0.3) is 0 Å². The van der Waals surface area contributed by atoms with Gasteiger partial charge in [0.05, 0.1) is 14.2 Å². The number of carbonyl (C=O) groups is 3. The molecule has 0 saturated carbocycles. The maximum atomic E-state index is 12.9. The van der Waals surface area contributed by atoms with Crippen molar-refractivity contribution in [2.45, 2.75) is 32.7 Å². The molecule has 1 aliphatic rings. The number of benzene rings is 2. The van der Waals surface area contributed by atoms with Crippen molar-refractivity contribution in [3.05, 3.63) is 53.6 Å². The van der Waals surface area contributed by atoms with Crippen molar-refractivity contribution in [3.8, 4) is 11.5 Å². The predicted octanol–water partition coefficient (Wildman–Crippen LogP) is 3.33. The summed E-state index contributed by atoms with van der Waals surface area (Å²) in [5, 5.41) is 5.75. The van der Waals surface area contributed by atoms with E-state index in [4.69, 9.17) is 9.47 Å². The Kier molecular flexibility index (Phi) is 7.92. The van der Waals surface area contributed by atoms with Crippen molar-refractivity contribution < 1.29 is 23.9 Å². The molecule has 2 aromatic rings. The van der Waals surface area contributed by atoms with Gasteiger partial charge in [0, 0.05) is 47.9 Å². The molecular formula is C25H31N3O5. The van der Waals surface area contributed by atoms with E-state index in [9.17, 15) is 14.4 Å². The molecule has 1 saturated heterocycles. The molecule has 0 atom stereocenters. The molecule has 1 fully saturated rings. The van der Waals surface area contributed by atoms with Crippen molar-refractivity contribution in [3.63, 3.8) is 0 Å². The van der Waals surface area contributed by atoms with Crippen LogP contribution in [0.2, 0.25) is 0 Å². The smallest absolute Gasteiger partial charge is 0.254 e. The van der Waals surface area contributed by atoms with Crippen LogP contribution in [0.1, 0.15) is 47.4 Å². The molecule has 2 N–H and O–H groups in total. The minimum atomic E-state index is -0.183. The van der Waals surface area contributed by atoms with Gasteiger partial charge in [-0.1, -0.05) is 0 Å². The van der Waals surface area contributed by atoms with Gasteiger partial charge in [0.25, 0.3) is 11.8 Å². The minimum Gasteiger partial charge on any atom is -0.497 e. The largest absolute Gasteiger partial charge is 0.497 e. The fourth-order valence-corrected chi connectivity index (χ4v) is 3.75. The fourth-order valence-electron chi connectivity index (χ4n) is 3.75. The number of nitrogens with one attached hydrogen (secondary N) is 2. The van der Waals surface area contributed by atoms with Crippen LogP contribution in [-0.4, -0.2) is 56.0 Å². The third kappa shape index (κ3) is 6.25. The third-order valence-corrected chi connectivity index (χ3v) is 5.59. The van der Waals surface area contributed by atoms with E-state index in [0.717, 1.165) is 0 Å². The Morgan fingerprint density at radius 1 is 0.909 bits per heavy atom. The summed E-state index contributed by atoms with van der Waals surface area (Å²) in [6.07, 6.45) is 1.15. The molecule has 3 amide bonds. The fraction of sp³-hybridized carbons (Fsp3) is 0.400. The van der Waals surface area contributed by atoms with Crippen LogP contribution in [0.4, 0.5) is 5.69 Å². The average Bonchev–Trinajstić information content (AvgIpc) is 2.83. The van der Waals surface area contributed by atoms with E-state index in [-0.39, 0.29) is 29.7 Å². The molecule has 0 unspecified atom stereocenters. The summed E-state index contributed by atoms with van der Waals surface area (Å²) in [4.78, 5) is 39.5. The van der Waals surface area contributed by atoms with Crippen LogP contribution < -0.4 is 20.1 Å². The highest BCUT2D eigenvalue weighted by molar-refractivity contribution is 5.97. The number of anilines is 1. The number of carbonyl (C=O) groups excluding carboxylic acids is 3. The molecule has 2 aromatic carbocycles. The van der Waals surface area contributed by atoms with Gasteiger partial charge in [-0.15, -0.1) is 0 Å². The lowest BCUT2D eigenvalue weighted by molar-refractivity contribution is -0.121. The summed E-state index contributed by atoms with van der Waals surface area (Å²) in [7, 11) is 3.09. The third-order valence-electron chi connectivity index (χ3n) is 5.59. The van der Waals surface area contributed by atoms with Crippen molar-refractivity contribution in [1.82, 2.24) is 10.2 Å². The number of hydrogen-bond donors (Lipinski definition) is 2. The zero-order chi connectivity index (χ0) is 24.0. The van der Waals surface area contributed by atoms with E-state index in [1.165, 1.54) is 0 Å². The second kappa shape index (κ2) is 10.8. The Morgan fingerprint density at radius 2 is 1.48 bits per heavy atom. The number of likely N-dealkylation sites (tertiary alicyclic amines) is 1. The van der Waals surface area contributed by atoms with E-state index in [1.807, 2.05) is 13.8 Å². The van der Waals surface area contributed by atoms with Crippen LogP contribution in [0.5, 0.6) is 11.5 Å². The molecule has 1 aliphatic heterocycles. The highest BCUT2D eigenvalue weighted by atomic mass is 16.5. The van der Waals surface area contributed by atoms with Crippen LogP contribution in [0.15, 0.2) is 42.5 Å². The topological polar surface area (TPSA) is 97.0 Å². The molecule has 8 nitrogen and oxygen atoms in total. The lowest BCUT2D eigenvalue weighted by atomic mass is 9.95. The zero-order valence-electron chi connectivity index (χ0n) is 19.5. The predicted molar refractivity (Wildman–Crippen MR) is 126 cm³/mol. The van der Waals surface area contributed by atoms with Crippen LogP contribution >= 0.6 is 0 Å². The molecule has 0 radical (unpaired) electrons. The van der Waals surface area contributed by atoms with Crippen LogP contribution in [-0.2, 0) is 4.79 Å². The van der Waals surface area contributed by atoms with Gasteiger partial charge in [-0.2, -0.15) is 0 Å². The first-order chi connectivity index (χ1) is 15.8. The maximum absolute atomic E-state index is 12.9. The highest BCUT2D eigenvalue weighted by Gasteiger charge is 2.28. The number of piperidine rings is 1. The normalized spacial score (nSPS) is 14.0. The Hall–Kier alpha value is -3.55. The molecule has 0 aromatic heterocycles. The average molecular weight is 454 g/mol. The highest BCUT2D eigenvalue weighted by Crippen LogP contribution is 2.26. The Morgan fingerprint density at radius 3 is 2.00 bits per heavy atom. The molecule has 0 aliphatic carbocycles. The van der Waals surface area contributed by atoms with Gasteiger partial charge in [-0.3, -0.25) is 14.4 Å². The molecule has 3 rings (SSSR count). The van der Waals surface area contributed by atoms with Crippen molar-refractivity contribution in [2.24, 2.45) is 5.92 Å². The van der Waals surface area contributed by atoms with E-state index < -0.39 is 0 Å². The Bertz CT molecular complexity index is 973. The Labute approximate surface area is 194 Å².